The zero-order valence-corrected chi connectivity index (χ0v) is 20.1. The third-order valence-corrected chi connectivity index (χ3v) is 6.67. The fourth-order valence-electron chi connectivity index (χ4n) is 4.70. The van der Waals surface area contributed by atoms with Gasteiger partial charge in [0.1, 0.15) is 11.8 Å². The summed E-state index contributed by atoms with van der Waals surface area (Å²) in [6, 6.07) is 15.4. The second-order valence-electron chi connectivity index (χ2n) is 9.65. The molecule has 7 heteroatoms. The van der Waals surface area contributed by atoms with Crippen molar-refractivity contribution >= 4 is 22.7 Å². The third kappa shape index (κ3) is 5.09. The summed E-state index contributed by atoms with van der Waals surface area (Å²) in [4.78, 5) is 31.5. The number of likely N-dealkylation sites (tertiary alicyclic amines) is 1. The Morgan fingerprint density at radius 3 is 2.53 bits per heavy atom. The van der Waals surface area contributed by atoms with Crippen LogP contribution in [0, 0.1) is 0 Å². The second kappa shape index (κ2) is 9.89. The van der Waals surface area contributed by atoms with E-state index in [4.69, 9.17) is 10.5 Å². The van der Waals surface area contributed by atoms with Crippen molar-refractivity contribution in [1.29, 1.82) is 0 Å². The van der Waals surface area contributed by atoms with Crippen LogP contribution in [0.5, 0.6) is 5.75 Å². The SMILES string of the molecule is COc1ccccc1C1CCN(C(=O)[C@@H](Cc2c[nH]c3ccccc23)NC(=O)C(C)(C)N)CC1. The summed E-state index contributed by atoms with van der Waals surface area (Å²) < 4.78 is 5.54. The lowest BCUT2D eigenvalue weighted by Crippen LogP contribution is -2.57. The monoisotopic (exact) mass is 462 g/mol. The van der Waals surface area contributed by atoms with Gasteiger partial charge < -0.3 is 25.7 Å². The van der Waals surface area contributed by atoms with E-state index in [0.717, 1.165) is 35.1 Å². The van der Waals surface area contributed by atoms with Gasteiger partial charge in [0.25, 0.3) is 0 Å². The Labute approximate surface area is 200 Å². The first-order chi connectivity index (χ1) is 16.3. The first-order valence-corrected chi connectivity index (χ1v) is 11.8. The number of carbonyl (C=O) groups excluding carboxylic acids is 2. The summed E-state index contributed by atoms with van der Waals surface area (Å²) in [6.45, 7) is 4.56. The van der Waals surface area contributed by atoms with Gasteiger partial charge in [0, 0.05) is 36.6 Å². The molecule has 2 aromatic carbocycles. The average Bonchev–Trinajstić information content (AvgIpc) is 3.25. The van der Waals surface area contributed by atoms with E-state index in [0.29, 0.717) is 25.4 Å². The second-order valence-corrected chi connectivity index (χ2v) is 9.65. The van der Waals surface area contributed by atoms with Crippen LogP contribution in [0.2, 0.25) is 0 Å². The molecule has 180 valence electrons. The van der Waals surface area contributed by atoms with E-state index < -0.39 is 11.6 Å². The number of aromatic nitrogens is 1. The summed E-state index contributed by atoms with van der Waals surface area (Å²) in [6.07, 6.45) is 4.01. The molecule has 1 aliphatic rings. The normalized spacial score (nSPS) is 15.8. The van der Waals surface area contributed by atoms with Gasteiger partial charge >= 0.3 is 0 Å². The molecule has 0 bridgehead atoms. The average molecular weight is 463 g/mol. The number of nitrogens with two attached hydrogens (primary N) is 1. The van der Waals surface area contributed by atoms with Gasteiger partial charge in [0.2, 0.25) is 11.8 Å². The van der Waals surface area contributed by atoms with Crippen LogP contribution in [0.1, 0.15) is 43.7 Å². The van der Waals surface area contributed by atoms with Crippen LogP contribution in [0.25, 0.3) is 10.9 Å². The quantitative estimate of drug-likeness (QED) is 0.501. The predicted molar refractivity (Wildman–Crippen MR) is 134 cm³/mol. The zero-order valence-electron chi connectivity index (χ0n) is 20.1. The molecule has 1 aromatic heterocycles. The molecule has 0 spiro atoms. The Morgan fingerprint density at radius 2 is 1.82 bits per heavy atom. The highest BCUT2D eigenvalue weighted by molar-refractivity contribution is 5.92. The van der Waals surface area contributed by atoms with E-state index in [-0.39, 0.29) is 11.8 Å². The Bertz CT molecular complexity index is 1160. The largest absolute Gasteiger partial charge is 0.496 e. The number of amides is 2. The number of fused-ring (bicyclic) bond motifs is 1. The summed E-state index contributed by atoms with van der Waals surface area (Å²) in [5, 5.41) is 3.98. The first kappa shape index (κ1) is 23.8. The molecule has 0 saturated carbocycles. The van der Waals surface area contributed by atoms with Gasteiger partial charge in [-0.2, -0.15) is 0 Å². The lowest BCUT2D eigenvalue weighted by molar-refractivity contribution is -0.138. The van der Waals surface area contributed by atoms with E-state index in [9.17, 15) is 9.59 Å². The van der Waals surface area contributed by atoms with Crippen molar-refractivity contribution in [2.75, 3.05) is 20.2 Å². The van der Waals surface area contributed by atoms with Crippen molar-refractivity contribution in [3.05, 3.63) is 65.9 Å². The van der Waals surface area contributed by atoms with Crippen LogP contribution in [0.15, 0.2) is 54.7 Å². The van der Waals surface area contributed by atoms with E-state index in [2.05, 4.69) is 16.4 Å². The highest BCUT2D eigenvalue weighted by Gasteiger charge is 2.33. The Balaban J connectivity index is 1.50. The maximum Gasteiger partial charge on any atom is 0.245 e. The highest BCUT2D eigenvalue weighted by atomic mass is 16.5. The molecule has 7 nitrogen and oxygen atoms in total. The number of nitrogens with one attached hydrogen (secondary N) is 2. The van der Waals surface area contributed by atoms with E-state index in [1.807, 2.05) is 53.6 Å². The van der Waals surface area contributed by atoms with E-state index >= 15 is 0 Å². The molecular formula is C27H34N4O3. The fourth-order valence-corrected chi connectivity index (χ4v) is 4.70. The Kier molecular flexibility index (Phi) is 6.93. The van der Waals surface area contributed by atoms with Gasteiger partial charge in [0.15, 0.2) is 0 Å². The number of rotatable bonds is 7. The van der Waals surface area contributed by atoms with Crippen molar-refractivity contribution in [3.63, 3.8) is 0 Å². The van der Waals surface area contributed by atoms with Gasteiger partial charge in [-0.25, -0.2) is 0 Å². The third-order valence-electron chi connectivity index (χ3n) is 6.67. The van der Waals surface area contributed by atoms with Crippen molar-refractivity contribution in [3.8, 4) is 5.75 Å². The van der Waals surface area contributed by atoms with Crippen molar-refractivity contribution in [2.24, 2.45) is 5.73 Å². The number of carbonyl (C=O) groups is 2. The number of aromatic amines is 1. The van der Waals surface area contributed by atoms with E-state index in [1.54, 1.807) is 21.0 Å². The predicted octanol–water partition coefficient (Wildman–Crippen LogP) is 3.35. The molecule has 0 aliphatic carbocycles. The molecule has 1 saturated heterocycles. The lowest BCUT2D eigenvalue weighted by Gasteiger charge is -2.35. The molecule has 4 rings (SSSR count). The maximum absolute atomic E-state index is 13.6. The number of ether oxygens (including phenoxy) is 1. The summed E-state index contributed by atoms with van der Waals surface area (Å²) >= 11 is 0. The van der Waals surface area contributed by atoms with Crippen LogP contribution in [-0.2, 0) is 16.0 Å². The Hall–Kier alpha value is -3.32. The van der Waals surface area contributed by atoms with Gasteiger partial charge in [-0.1, -0.05) is 36.4 Å². The molecule has 1 atom stereocenters. The molecule has 3 aromatic rings. The lowest BCUT2D eigenvalue weighted by atomic mass is 9.88. The molecule has 1 aliphatic heterocycles. The standard InChI is InChI=1S/C27H34N4O3/c1-27(2,28)26(33)30-23(16-19-17-29-22-10-6-4-8-20(19)22)25(32)31-14-12-18(13-15-31)21-9-5-7-11-24(21)34-3/h4-11,17-18,23,29H,12-16,28H2,1-3H3,(H,30,33)/t23-/m1/s1. The minimum atomic E-state index is -1.07. The molecule has 2 amide bonds. The van der Waals surface area contributed by atoms with Gasteiger partial charge in [-0.05, 0) is 55.9 Å². The van der Waals surface area contributed by atoms with Gasteiger partial charge in [0.05, 0.1) is 12.6 Å². The fraction of sp³-hybridized carbons (Fsp3) is 0.407. The molecule has 0 radical (unpaired) electrons. The zero-order chi connectivity index (χ0) is 24.3. The number of H-pyrrole nitrogens is 1. The van der Waals surface area contributed by atoms with Crippen LogP contribution in [0.3, 0.4) is 0 Å². The Morgan fingerprint density at radius 1 is 1.15 bits per heavy atom. The van der Waals surface area contributed by atoms with E-state index in [1.165, 1.54) is 5.56 Å². The molecule has 4 N–H and O–H groups in total. The smallest absolute Gasteiger partial charge is 0.245 e. The number of piperidine rings is 1. The number of hydrogen-bond acceptors (Lipinski definition) is 4. The molecule has 2 heterocycles. The maximum atomic E-state index is 13.6. The molecule has 1 fully saturated rings. The van der Waals surface area contributed by atoms with Crippen molar-refractivity contribution < 1.29 is 14.3 Å². The first-order valence-electron chi connectivity index (χ1n) is 11.8. The van der Waals surface area contributed by atoms with Gasteiger partial charge in [-0.3, -0.25) is 9.59 Å². The minimum Gasteiger partial charge on any atom is -0.496 e. The summed E-state index contributed by atoms with van der Waals surface area (Å²) in [5.41, 5.74) is 8.14. The van der Waals surface area contributed by atoms with Crippen LogP contribution < -0.4 is 15.8 Å². The summed E-state index contributed by atoms with van der Waals surface area (Å²) in [7, 11) is 1.69. The molecule has 34 heavy (non-hydrogen) atoms. The van der Waals surface area contributed by atoms with Crippen LogP contribution in [0.4, 0.5) is 0 Å². The van der Waals surface area contributed by atoms with Crippen LogP contribution in [-0.4, -0.2) is 53.5 Å². The van der Waals surface area contributed by atoms with Crippen molar-refractivity contribution in [1.82, 2.24) is 15.2 Å². The molecule has 0 unspecified atom stereocenters. The number of para-hydroxylation sites is 2. The molecular weight excluding hydrogens is 428 g/mol. The summed E-state index contributed by atoms with van der Waals surface area (Å²) in [5.74, 6) is 0.822. The number of nitrogens with zero attached hydrogens (tertiary/aromatic N) is 1. The van der Waals surface area contributed by atoms with Gasteiger partial charge in [-0.15, -0.1) is 0 Å². The van der Waals surface area contributed by atoms with Crippen LogP contribution >= 0.6 is 0 Å². The number of benzene rings is 2. The topological polar surface area (TPSA) is 100 Å². The highest BCUT2D eigenvalue weighted by Crippen LogP contribution is 2.34. The minimum absolute atomic E-state index is 0.0682. The number of methoxy groups -OCH3 is 1. The van der Waals surface area contributed by atoms with Crippen molar-refractivity contribution in [2.45, 2.75) is 50.6 Å². The number of hydrogen-bond donors (Lipinski definition) is 3.